The first-order valence-electron chi connectivity index (χ1n) is 3.58. The summed E-state index contributed by atoms with van der Waals surface area (Å²) in [7, 11) is 0. The zero-order chi connectivity index (χ0) is 9.35. The summed E-state index contributed by atoms with van der Waals surface area (Å²) in [5, 5.41) is -0.814. The maximum atomic E-state index is 13.2. The molecule has 0 aromatic heterocycles. The number of carbonyl (C=O) groups excluding carboxylic acids is 2. The molecule has 0 bridgehead atoms. The van der Waals surface area contributed by atoms with Crippen molar-refractivity contribution in [2.24, 2.45) is 5.92 Å². The lowest BCUT2D eigenvalue weighted by Crippen LogP contribution is -2.24. The molecule has 0 radical (unpaired) electrons. The molecule has 2 unspecified atom stereocenters. The fraction of sp³-hybridized carbons (Fsp3) is 0.714. The molecule has 3 nitrogen and oxygen atoms in total. The first-order chi connectivity index (χ1) is 5.52. The van der Waals surface area contributed by atoms with Crippen LogP contribution in [0.15, 0.2) is 0 Å². The molecule has 0 amide bonds. The lowest BCUT2D eigenvalue weighted by atomic mass is 10.3. The number of halogens is 2. The van der Waals surface area contributed by atoms with Crippen LogP contribution in [0.4, 0.5) is 4.39 Å². The Hall–Kier alpha value is -0.640. The van der Waals surface area contributed by atoms with Gasteiger partial charge >= 0.3 is 5.97 Å². The zero-order valence-electron chi connectivity index (χ0n) is 6.47. The fourth-order valence-electron chi connectivity index (χ4n) is 0.975. The maximum Gasteiger partial charge on any atom is 0.344 e. The number of esters is 1. The molecule has 0 N–H and O–H groups in total. The molecule has 1 fully saturated rings. The summed E-state index contributed by atoms with van der Waals surface area (Å²) in [5.41, 5.74) is -2.14. The van der Waals surface area contributed by atoms with Gasteiger partial charge in [0, 0.05) is 6.42 Å². The van der Waals surface area contributed by atoms with E-state index in [9.17, 15) is 14.0 Å². The van der Waals surface area contributed by atoms with Gasteiger partial charge in [0.2, 0.25) is 10.9 Å². The van der Waals surface area contributed by atoms with Gasteiger partial charge in [-0.1, -0.05) is 0 Å². The third kappa shape index (κ3) is 1.43. The predicted octanol–water partition coefficient (Wildman–Crippen LogP) is 1.04. The molecule has 68 valence electrons. The van der Waals surface area contributed by atoms with Crippen LogP contribution in [-0.2, 0) is 14.3 Å². The Morgan fingerprint density at radius 2 is 2.33 bits per heavy atom. The van der Waals surface area contributed by atoms with Crippen molar-refractivity contribution in [2.75, 3.05) is 6.61 Å². The Balaban J connectivity index is 2.54. The van der Waals surface area contributed by atoms with E-state index in [0.29, 0.717) is 0 Å². The minimum atomic E-state index is -2.14. The quantitative estimate of drug-likeness (QED) is 0.498. The molecular weight excluding hydrogens is 187 g/mol. The SMILES string of the molecule is CCOC(=O)C1(F)CC1C(=O)Cl. The molecular formula is C7H8ClFO3. The van der Waals surface area contributed by atoms with Gasteiger partial charge in [0.05, 0.1) is 12.5 Å². The molecule has 5 heteroatoms. The monoisotopic (exact) mass is 194 g/mol. The lowest BCUT2D eigenvalue weighted by Gasteiger charge is -2.04. The van der Waals surface area contributed by atoms with Crippen molar-refractivity contribution < 1.29 is 18.7 Å². The van der Waals surface area contributed by atoms with Crippen LogP contribution in [-0.4, -0.2) is 23.5 Å². The van der Waals surface area contributed by atoms with Crippen molar-refractivity contribution in [1.29, 1.82) is 0 Å². The van der Waals surface area contributed by atoms with E-state index in [-0.39, 0.29) is 13.0 Å². The number of rotatable bonds is 3. The van der Waals surface area contributed by atoms with Crippen LogP contribution in [0, 0.1) is 5.92 Å². The third-order valence-electron chi connectivity index (χ3n) is 1.78. The molecule has 1 aliphatic rings. The van der Waals surface area contributed by atoms with Crippen molar-refractivity contribution in [3.63, 3.8) is 0 Å². The minimum Gasteiger partial charge on any atom is -0.464 e. The summed E-state index contributed by atoms with van der Waals surface area (Å²) in [4.78, 5) is 21.3. The van der Waals surface area contributed by atoms with Gasteiger partial charge in [0.1, 0.15) is 0 Å². The van der Waals surface area contributed by atoms with E-state index >= 15 is 0 Å². The van der Waals surface area contributed by atoms with Crippen LogP contribution in [0.5, 0.6) is 0 Å². The average molecular weight is 195 g/mol. The number of alkyl halides is 1. The Morgan fingerprint density at radius 1 is 1.75 bits per heavy atom. The van der Waals surface area contributed by atoms with Gasteiger partial charge in [-0.2, -0.15) is 0 Å². The lowest BCUT2D eigenvalue weighted by molar-refractivity contribution is -0.152. The Kier molecular flexibility index (Phi) is 2.37. The van der Waals surface area contributed by atoms with Crippen molar-refractivity contribution in [3.8, 4) is 0 Å². The first-order valence-corrected chi connectivity index (χ1v) is 3.95. The highest BCUT2D eigenvalue weighted by Crippen LogP contribution is 2.49. The van der Waals surface area contributed by atoms with Crippen LogP contribution >= 0.6 is 11.6 Å². The van der Waals surface area contributed by atoms with Crippen molar-refractivity contribution in [3.05, 3.63) is 0 Å². The van der Waals surface area contributed by atoms with E-state index in [1.165, 1.54) is 0 Å². The second kappa shape index (κ2) is 3.01. The molecule has 0 aromatic carbocycles. The molecule has 0 spiro atoms. The summed E-state index contributed by atoms with van der Waals surface area (Å²) in [6.07, 6.45) is -0.145. The van der Waals surface area contributed by atoms with E-state index < -0.39 is 22.8 Å². The highest BCUT2D eigenvalue weighted by Gasteiger charge is 2.66. The van der Waals surface area contributed by atoms with Crippen molar-refractivity contribution in [2.45, 2.75) is 19.0 Å². The summed E-state index contributed by atoms with van der Waals surface area (Å²) < 4.78 is 17.6. The molecule has 1 rings (SSSR count). The van der Waals surface area contributed by atoms with Crippen LogP contribution in [0.25, 0.3) is 0 Å². The molecule has 1 saturated carbocycles. The molecule has 0 heterocycles. The molecule has 0 saturated heterocycles. The third-order valence-corrected chi connectivity index (χ3v) is 2.05. The van der Waals surface area contributed by atoms with E-state index in [0.717, 1.165) is 0 Å². The van der Waals surface area contributed by atoms with Gasteiger partial charge in [-0.05, 0) is 18.5 Å². The Bertz CT molecular complexity index is 231. The molecule has 0 aromatic rings. The largest absolute Gasteiger partial charge is 0.464 e. The topological polar surface area (TPSA) is 43.4 Å². The van der Waals surface area contributed by atoms with Crippen molar-refractivity contribution >= 4 is 22.8 Å². The van der Waals surface area contributed by atoms with E-state index in [2.05, 4.69) is 4.74 Å². The summed E-state index contributed by atoms with van der Waals surface area (Å²) in [5.74, 6) is -1.98. The van der Waals surface area contributed by atoms with Gasteiger partial charge in [-0.15, -0.1) is 0 Å². The van der Waals surface area contributed by atoms with Gasteiger partial charge in [0.25, 0.3) is 0 Å². The van der Waals surface area contributed by atoms with E-state index in [1.807, 2.05) is 0 Å². The molecule has 12 heavy (non-hydrogen) atoms. The predicted molar refractivity (Wildman–Crippen MR) is 39.4 cm³/mol. The van der Waals surface area contributed by atoms with Gasteiger partial charge in [-0.3, -0.25) is 4.79 Å². The second-order valence-corrected chi connectivity index (χ2v) is 3.02. The smallest absolute Gasteiger partial charge is 0.344 e. The number of ether oxygens (including phenoxy) is 1. The standard InChI is InChI=1S/C7H8ClFO3/c1-2-12-6(11)7(9)3-4(7)5(8)10/h4H,2-3H2,1H3. The number of hydrogen-bond donors (Lipinski definition) is 0. The van der Waals surface area contributed by atoms with Gasteiger partial charge in [0.15, 0.2) is 0 Å². The first kappa shape index (κ1) is 9.45. The Labute approximate surface area is 73.8 Å². The second-order valence-electron chi connectivity index (χ2n) is 2.64. The summed E-state index contributed by atoms with van der Waals surface area (Å²) >= 11 is 5.02. The van der Waals surface area contributed by atoms with Crippen molar-refractivity contribution in [1.82, 2.24) is 0 Å². The Morgan fingerprint density at radius 3 is 2.67 bits per heavy atom. The number of hydrogen-bond acceptors (Lipinski definition) is 3. The fourth-order valence-corrected chi connectivity index (χ4v) is 1.23. The van der Waals surface area contributed by atoms with Gasteiger partial charge in [-0.25, -0.2) is 9.18 Å². The van der Waals surface area contributed by atoms with E-state index in [4.69, 9.17) is 11.6 Å². The number of carbonyl (C=O) groups is 2. The highest BCUT2D eigenvalue weighted by atomic mass is 35.5. The van der Waals surface area contributed by atoms with Crippen LogP contribution in [0.3, 0.4) is 0 Å². The highest BCUT2D eigenvalue weighted by molar-refractivity contribution is 6.64. The van der Waals surface area contributed by atoms with Crippen LogP contribution in [0.2, 0.25) is 0 Å². The van der Waals surface area contributed by atoms with E-state index in [1.54, 1.807) is 6.92 Å². The van der Waals surface area contributed by atoms with Crippen LogP contribution < -0.4 is 0 Å². The minimum absolute atomic E-state index is 0.105. The average Bonchev–Trinajstić information content (AvgIpc) is 2.65. The molecule has 2 atom stereocenters. The van der Waals surface area contributed by atoms with Gasteiger partial charge < -0.3 is 4.74 Å². The molecule has 0 aliphatic heterocycles. The zero-order valence-corrected chi connectivity index (χ0v) is 7.23. The summed E-state index contributed by atoms with van der Waals surface area (Å²) in [6.45, 7) is 1.68. The normalized spacial score (nSPS) is 32.8. The maximum absolute atomic E-state index is 13.2. The van der Waals surface area contributed by atoms with Crippen LogP contribution in [0.1, 0.15) is 13.3 Å². The molecule has 1 aliphatic carbocycles. The summed E-state index contributed by atoms with van der Waals surface area (Å²) in [6, 6.07) is 0.